The van der Waals surface area contributed by atoms with Gasteiger partial charge < -0.3 is 9.64 Å². The Bertz CT molecular complexity index is 583. The second-order valence-corrected chi connectivity index (χ2v) is 4.99. The molecule has 0 atom stereocenters. The standard InChI is InChI=1S/C14H14F5NO3/c1-22-10-3-2-9(15)12(16)11(10)13(21)20-6-4-8(5-7-20)23-14(17,18)19/h2-3,8H,4-7H2,1H3. The van der Waals surface area contributed by atoms with Crippen LogP contribution in [0.4, 0.5) is 22.0 Å². The van der Waals surface area contributed by atoms with Gasteiger partial charge in [0.2, 0.25) is 0 Å². The van der Waals surface area contributed by atoms with E-state index in [1.165, 1.54) is 7.11 Å². The van der Waals surface area contributed by atoms with Crippen LogP contribution in [0.15, 0.2) is 12.1 Å². The normalized spacial score (nSPS) is 16.5. The summed E-state index contributed by atoms with van der Waals surface area (Å²) in [4.78, 5) is 13.5. The molecule has 128 valence electrons. The molecule has 1 aliphatic heterocycles. The van der Waals surface area contributed by atoms with E-state index in [1.54, 1.807) is 0 Å². The third kappa shape index (κ3) is 4.10. The van der Waals surface area contributed by atoms with E-state index in [1.807, 2.05) is 0 Å². The van der Waals surface area contributed by atoms with Crippen LogP contribution >= 0.6 is 0 Å². The van der Waals surface area contributed by atoms with Crippen LogP contribution in [0.25, 0.3) is 0 Å². The number of amides is 1. The summed E-state index contributed by atoms with van der Waals surface area (Å²) >= 11 is 0. The number of ether oxygens (including phenoxy) is 2. The first-order valence-electron chi connectivity index (χ1n) is 6.78. The number of methoxy groups -OCH3 is 1. The van der Waals surface area contributed by atoms with E-state index in [0.717, 1.165) is 17.0 Å². The van der Waals surface area contributed by atoms with E-state index in [0.29, 0.717) is 0 Å². The van der Waals surface area contributed by atoms with Gasteiger partial charge in [0.05, 0.1) is 13.2 Å². The maximum Gasteiger partial charge on any atom is 0.522 e. The SMILES string of the molecule is COc1ccc(F)c(F)c1C(=O)N1CCC(OC(F)(F)F)CC1. The molecule has 0 spiro atoms. The summed E-state index contributed by atoms with van der Waals surface area (Å²) in [6.45, 7) is -0.114. The van der Waals surface area contributed by atoms with Gasteiger partial charge in [-0.2, -0.15) is 0 Å². The minimum absolute atomic E-state index is 0.0511. The number of piperidine rings is 1. The first-order chi connectivity index (χ1) is 10.7. The number of halogens is 5. The highest BCUT2D eigenvalue weighted by atomic mass is 19.4. The van der Waals surface area contributed by atoms with Crippen molar-refractivity contribution in [2.75, 3.05) is 20.2 Å². The first kappa shape index (κ1) is 17.5. The summed E-state index contributed by atoms with van der Waals surface area (Å²) in [6, 6.07) is 1.94. The molecule has 2 rings (SSSR count). The first-order valence-corrected chi connectivity index (χ1v) is 6.78. The molecule has 1 aromatic carbocycles. The Hall–Kier alpha value is -1.90. The molecule has 0 aliphatic carbocycles. The highest BCUT2D eigenvalue weighted by molar-refractivity contribution is 5.97. The molecule has 1 amide bonds. The molecule has 0 unspecified atom stereocenters. The van der Waals surface area contributed by atoms with Crippen LogP contribution in [0, 0.1) is 11.6 Å². The van der Waals surface area contributed by atoms with Crippen molar-refractivity contribution in [2.45, 2.75) is 25.3 Å². The number of nitrogens with zero attached hydrogens (tertiary/aromatic N) is 1. The molecule has 0 saturated carbocycles. The molecule has 9 heteroatoms. The molecular formula is C14H14F5NO3. The molecule has 4 nitrogen and oxygen atoms in total. The smallest absolute Gasteiger partial charge is 0.496 e. The maximum absolute atomic E-state index is 13.9. The van der Waals surface area contributed by atoms with Crippen molar-refractivity contribution >= 4 is 5.91 Å². The molecule has 1 aromatic rings. The molecule has 1 heterocycles. The summed E-state index contributed by atoms with van der Waals surface area (Å²) in [5, 5.41) is 0. The average Bonchev–Trinajstić information content (AvgIpc) is 2.48. The molecule has 1 aliphatic rings. The van der Waals surface area contributed by atoms with Gasteiger partial charge in [0, 0.05) is 13.1 Å². The van der Waals surface area contributed by atoms with Crippen LogP contribution < -0.4 is 4.74 Å². The molecule has 0 aromatic heterocycles. The summed E-state index contributed by atoms with van der Waals surface area (Å²) in [6.07, 6.45) is -5.90. The highest BCUT2D eigenvalue weighted by Crippen LogP contribution is 2.28. The van der Waals surface area contributed by atoms with Crippen molar-refractivity contribution in [3.63, 3.8) is 0 Å². The van der Waals surface area contributed by atoms with Crippen LogP contribution in [0.2, 0.25) is 0 Å². The van der Waals surface area contributed by atoms with Crippen molar-refractivity contribution in [3.05, 3.63) is 29.3 Å². The van der Waals surface area contributed by atoms with Gasteiger partial charge in [-0.15, -0.1) is 13.2 Å². The van der Waals surface area contributed by atoms with Crippen LogP contribution in [0.3, 0.4) is 0 Å². The lowest BCUT2D eigenvalue weighted by atomic mass is 10.1. The van der Waals surface area contributed by atoms with E-state index >= 15 is 0 Å². The molecule has 0 radical (unpaired) electrons. The fraction of sp³-hybridized carbons (Fsp3) is 0.500. The van der Waals surface area contributed by atoms with E-state index < -0.39 is 35.6 Å². The molecular weight excluding hydrogens is 325 g/mol. The lowest BCUT2D eigenvalue weighted by molar-refractivity contribution is -0.345. The van der Waals surface area contributed by atoms with E-state index in [9.17, 15) is 26.7 Å². The van der Waals surface area contributed by atoms with Crippen molar-refractivity contribution in [1.82, 2.24) is 4.90 Å². The van der Waals surface area contributed by atoms with Crippen LogP contribution in [-0.4, -0.2) is 43.5 Å². The maximum atomic E-state index is 13.9. The largest absolute Gasteiger partial charge is 0.522 e. The number of likely N-dealkylation sites (tertiary alicyclic amines) is 1. The van der Waals surface area contributed by atoms with Gasteiger partial charge in [-0.1, -0.05) is 0 Å². The number of benzene rings is 1. The third-order valence-electron chi connectivity index (χ3n) is 3.52. The molecule has 23 heavy (non-hydrogen) atoms. The monoisotopic (exact) mass is 339 g/mol. The highest BCUT2D eigenvalue weighted by Gasteiger charge is 2.36. The van der Waals surface area contributed by atoms with Crippen molar-refractivity contribution in [3.8, 4) is 5.75 Å². The summed E-state index contributed by atoms with van der Waals surface area (Å²) in [7, 11) is 1.20. The lowest BCUT2D eigenvalue weighted by Gasteiger charge is -2.32. The van der Waals surface area contributed by atoms with E-state index in [-0.39, 0.29) is 31.7 Å². The van der Waals surface area contributed by atoms with Gasteiger partial charge in [-0.25, -0.2) is 8.78 Å². The minimum atomic E-state index is -4.74. The van der Waals surface area contributed by atoms with Crippen LogP contribution in [-0.2, 0) is 4.74 Å². The van der Waals surface area contributed by atoms with Gasteiger partial charge in [0.15, 0.2) is 11.6 Å². The number of hydrogen-bond acceptors (Lipinski definition) is 3. The predicted molar refractivity (Wildman–Crippen MR) is 69.0 cm³/mol. The molecule has 1 saturated heterocycles. The summed E-state index contributed by atoms with van der Waals surface area (Å²) < 4.78 is 72.4. The Labute approximate surface area is 128 Å². The van der Waals surface area contributed by atoms with Crippen molar-refractivity contribution < 1.29 is 36.2 Å². The van der Waals surface area contributed by atoms with E-state index in [4.69, 9.17) is 4.74 Å². The van der Waals surface area contributed by atoms with Gasteiger partial charge in [0.25, 0.3) is 5.91 Å². The Kier molecular flexibility index (Phi) is 5.08. The minimum Gasteiger partial charge on any atom is -0.496 e. The Morgan fingerprint density at radius 2 is 1.83 bits per heavy atom. The van der Waals surface area contributed by atoms with Crippen LogP contribution in [0.5, 0.6) is 5.75 Å². The quantitative estimate of drug-likeness (QED) is 0.795. The van der Waals surface area contributed by atoms with Gasteiger partial charge in [0.1, 0.15) is 11.3 Å². The predicted octanol–water partition coefficient (Wildman–Crippen LogP) is 3.11. The second kappa shape index (κ2) is 6.69. The lowest BCUT2D eigenvalue weighted by Crippen LogP contribution is -2.42. The zero-order valence-electron chi connectivity index (χ0n) is 12.1. The Morgan fingerprint density at radius 1 is 1.22 bits per heavy atom. The van der Waals surface area contributed by atoms with Gasteiger partial charge in [-0.3, -0.25) is 9.53 Å². The third-order valence-corrected chi connectivity index (χ3v) is 3.52. The zero-order valence-corrected chi connectivity index (χ0v) is 12.1. The fourth-order valence-corrected chi connectivity index (χ4v) is 2.43. The Balaban J connectivity index is 2.10. The number of carbonyl (C=O) groups is 1. The topological polar surface area (TPSA) is 38.8 Å². The van der Waals surface area contributed by atoms with Crippen molar-refractivity contribution in [1.29, 1.82) is 0 Å². The molecule has 1 fully saturated rings. The fourth-order valence-electron chi connectivity index (χ4n) is 2.43. The number of alkyl halides is 3. The zero-order chi connectivity index (χ0) is 17.2. The van der Waals surface area contributed by atoms with Gasteiger partial charge >= 0.3 is 6.36 Å². The molecule has 0 N–H and O–H groups in total. The summed E-state index contributed by atoms with van der Waals surface area (Å²) in [5.74, 6) is -3.51. The van der Waals surface area contributed by atoms with Gasteiger partial charge in [-0.05, 0) is 25.0 Å². The van der Waals surface area contributed by atoms with Crippen LogP contribution in [0.1, 0.15) is 23.2 Å². The van der Waals surface area contributed by atoms with Crippen molar-refractivity contribution in [2.24, 2.45) is 0 Å². The summed E-state index contributed by atoms with van der Waals surface area (Å²) in [5.41, 5.74) is -0.567. The number of rotatable bonds is 3. The number of carbonyl (C=O) groups excluding carboxylic acids is 1. The van der Waals surface area contributed by atoms with E-state index in [2.05, 4.69) is 4.74 Å². The average molecular weight is 339 g/mol. The number of hydrogen-bond donors (Lipinski definition) is 0. The Morgan fingerprint density at radius 3 is 2.35 bits per heavy atom. The molecule has 0 bridgehead atoms. The second-order valence-electron chi connectivity index (χ2n) is 4.99.